The fourth-order valence-corrected chi connectivity index (χ4v) is 3.55. The van der Waals surface area contributed by atoms with Crippen LogP contribution in [0.5, 0.6) is 11.5 Å². The molecule has 0 saturated carbocycles. The minimum atomic E-state index is -0.702. The molecule has 6 nitrogen and oxygen atoms in total. The SMILES string of the molecule is C=C(C)c1ccc(C)cc1-c1c(O)cc(CCCCC)c(-c2n[nH]c(=O)o2)c1O. The Morgan fingerprint density at radius 3 is 2.59 bits per heavy atom. The van der Waals surface area contributed by atoms with Gasteiger partial charge in [0.25, 0.3) is 5.89 Å². The number of hydrogen-bond donors (Lipinski definition) is 3. The van der Waals surface area contributed by atoms with E-state index in [1.165, 1.54) is 0 Å². The Bertz CT molecular complexity index is 1110. The monoisotopic (exact) mass is 394 g/mol. The minimum absolute atomic E-state index is 0.00442. The van der Waals surface area contributed by atoms with E-state index < -0.39 is 5.76 Å². The molecule has 6 heteroatoms. The molecular formula is C23H26N2O4. The maximum Gasteiger partial charge on any atom is 0.434 e. The number of nitrogens with zero attached hydrogens (tertiary/aromatic N) is 1. The van der Waals surface area contributed by atoms with E-state index in [1.54, 1.807) is 6.07 Å². The first kappa shape index (κ1) is 20.5. The van der Waals surface area contributed by atoms with E-state index in [9.17, 15) is 15.0 Å². The molecule has 0 amide bonds. The zero-order chi connectivity index (χ0) is 21.1. The van der Waals surface area contributed by atoms with Gasteiger partial charge in [-0.3, -0.25) is 0 Å². The van der Waals surface area contributed by atoms with E-state index in [-0.39, 0.29) is 23.0 Å². The molecule has 0 aliphatic carbocycles. The first-order chi connectivity index (χ1) is 13.8. The van der Waals surface area contributed by atoms with E-state index >= 15 is 0 Å². The highest BCUT2D eigenvalue weighted by atomic mass is 16.4. The van der Waals surface area contributed by atoms with Crippen molar-refractivity contribution >= 4 is 5.57 Å². The molecule has 2 aromatic carbocycles. The Kier molecular flexibility index (Phi) is 5.92. The standard InChI is InChI=1S/C23H26N2O4/c1-5-6-7-8-15-12-18(26)20(17-11-14(4)9-10-16(17)13(2)3)21(27)19(15)22-24-25-23(28)29-22/h9-12,26-27H,2,5-8H2,1,3-4H3,(H,25,28). The number of nitrogens with one attached hydrogen (secondary N) is 1. The lowest BCUT2D eigenvalue weighted by Gasteiger charge is -2.18. The van der Waals surface area contributed by atoms with Crippen LogP contribution in [-0.4, -0.2) is 20.4 Å². The normalized spacial score (nSPS) is 11.0. The molecule has 0 unspecified atom stereocenters. The van der Waals surface area contributed by atoms with E-state index in [0.29, 0.717) is 23.1 Å². The summed E-state index contributed by atoms with van der Waals surface area (Å²) in [5, 5.41) is 28.2. The van der Waals surface area contributed by atoms with Gasteiger partial charge in [-0.1, -0.05) is 55.7 Å². The molecule has 3 N–H and O–H groups in total. The minimum Gasteiger partial charge on any atom is -0.507 e. The van der Waals surface area contributed by atoms with Crippen LogP contribution in [0.15, 0.2) is 40.1 Å². The quantitative estimate of drug-likeness (QED) is 0.479. The van der Waals surface area contributed by atoms with Crippen LogP contribution in [0.1, 0.15) is 49.8 Å². The molecule has 29 heavy (non-hydrogen) atoms. The number of aromatic amines is 1. The fourth-order valence-electron chi connectivity index (χ4n) is 3.55. The summed E-state index contributed by atoms with van der Waals surface area (Å²) in [4.78, 5) is 11.5. The number of aryl methyl sites for hydroxylation is 2. The smallest absolute Gasteiger partial charge is 0.434 e. The molecule has 152 valence electrons. The van der Waals surface area contributed by atoms with Crippen LogP contribution in [0.2, 0.25) is 0 Å². The van der Waals surface area contributed by atoms with Crippen molar-refractivity contribution in [1.82, 2.24) is 10.2 Å². The Hall–Kier alpha value is -3.28. The maximum absolute atomic E-state index is 11.5. The molecular weight excluding hydrogens is 368 g/mol. The van der Waals surface area contributed by atoms with Crippen molar-refractivity contribution in [2.45, 2.75) is 46.5 Å². The van der Waals surface area contributed by atoms with E-state index in [4.69, 9.17) is 4.42 Å². The van der Waals surface area contributed by atoms with Gasteiger partial charge >= 0.3 is 5.76 Å². The van der Waals surface area contributed by atoms with Crippen molar-refractivity contribution in [2.75, 3.05) is 0 Å². The van der Waals surface area contributed by atoms with Crippen molar-refractivity contribution in [2.24, 2.45) is 0 Å². The number of H-pyrrole nitrogens is 1. The van der Waals surface area contributed by atoms with Gasteiger partial charge in [0.2, 0.25) is 0 Å². The molecule has 3 aromatic rings. The summed E-state index contributed by atoms with van der Waals surface area (Å²) in [5.74, 6) is -0.903. The zero-order valence-corrected chi connectivity index (χ0v) is 17.0. The average Bonchev–Trinajstić information content (AvgIpc) is 3.07. The number of phenolic OH excluding ortho intramolecular Hbond substituents is 2. The Morgan fingerprint density at radius 2 is 1.97 bits per heavy atom. The largest absolute Gasteiger partial charge is 0.507 e. The molecule has 0 bridgehead atoms. The summed E-state index contributed by atoms with van der Waals surface area (Å²) in [7, 11) is 0. The molecule has 1 heterocycles. The Morgan fingerprint density at radius 1 is 1.21 bits per heavy atom. The number of aromatic nitrogens is 2. The van der Waals surface area contributed by atoms with Crippen LogP contribution in [0.3, 0.4) is 0 Å². The van der Waals surface area contributed by atoms with Gasteiger partial charge in [0.15, 0.2) is 0 Å². The number of hydrogen-bond acceptors (Lipinski definition) is 5. The van der Waals surface area contributed by atoms with Crippen LogP contribution in [0, 0.1) is 6.92 Å². The van der Waals surface area contributed by atoms with Crippen molar-refractivity contribution < 1.29 is 14.6 Å². The number of benzene rings is 2. The first-order valence-corrected chi connectivity index (χ1v) is 9.74. The van der Waals surface area contributed by atoms with Gasteiger partial charge in [0.1, 0.15) is 11.5 Å². The second-order valence-corrected chi connectivity index (χ2v) is 7.36. The molecule has 0 saturated heterocycles. The number of aromatic hydroxyl groups is 2. The summed E-state index contributed by atoms with van der Waals surface area (Å²) in [6, 6.07) is 7.38. The molecule has 1 aromatic heterocycles. The van der Waals surface area contributed by atoms with Crippen LogP contribution in [0.4, 0.5) is 0 Å². The number of allylic oxidation sites excluding steroid dienone is 1. The molecule has 0 aliphatic heterocycles. The van der Waals surface area contributed by atoms with Crippen LogP contribution in [0.25, 0.3) is 28.2 Å². The molecule has 0 radical (unpaired) electrons. The van der Waals surface area contributed by atoms with Gasteiger partial charge in [-0.25, -0.2) is 9.89 Å². The Balaban J connectivity index is 2.29. The highest BCUT2D eigenvalue weighted by Crippen LogP contribution is 2.47. The van der Waals surface area contributed by atoms with Gasteiger partial charge in [-0.15, -0.1) is 5.10 Å². The van der Waals surface area contributed by atoms with Crippen LogP contribution < -0.4 is 5.76 Å². The van der Waals surface area contributed by atoms with Crippen molar-refractivity contribution in [1.29, 1.82) is 0 Å². The lowest BCUT2D eigenvalue weighted by molar-refractivity contribution is 0.450. The Labute approximate surface area is 169 Å². The lowest BCUT2D eigenvalue weighted by Crippen LogP contribution is -1.97. The summed E-state index contributed by atoms with van der Waals surface area (Å²) in [6.07, 6.45) is 3.53. The molecule has 0 aliphatic rings. The van der Waals surface area contributed by atoms with Gasteiger partial charge in [0.05, 0.1) is 11.1 Å². The number of phenols is 2. The van der Waals surface area contributed by atoms with Gasteiger partial charge in [0, 0.05) is 0 Å². The van der Waals surface area contributed by atoms with Crippen LogP contribution in [-0.2, 0) is 6.42 Å². The van der Waals surface area contributed by atoms with E-state index in [0.717, 1.165) is 36.0 Å². The summed E-state index contributed by atoms with van der Waals surface area (Å²) in [6.45, 7) is 9.92. The topological polar surface area (TPSA) is 99.4 Å². The molecule has 3 rings (SSSR count). The number of rotatable bonds is 7. The zero-order valence-electron chi connectivity index (χ0n) is 17.0. The summed E-state index contributed by atoms with van der Waals surface area (Å²) in [5.41, 5.74) is 4.52. The predicted molar refractivity (Wildman–Crippen MR) is 114 cm³/mol. The third kappa shape index (κ3) is 4.11. The summed E-state index contributed by atoms with van der Waals surface area (Å²) < 4.78 is 5.15. The molecule has 0 spiro atoms. The maximum atomic E-state index is 11.5. The first-order valence-electron chi connectivity index (χ1n) is 9.74. The fraction of sp³-hybridized carbons (Fsp3) is 0.304. The van der Waals surface area contributed by atoms with E-state index in [1.807, 2.05) is 32.0 Å². The third-order valence-corrected chi connectivity index (χ3v) is 4.97. The van der Waals surface area contributed by atoms with Crippen molar-refractivity contribution in [3.8, 4) is 34.1 Å². The second kappa shape index (κ2) is 8.39. The van der Waals surface area contributed by atoms with Crippen LogP contribution >= 0.6 is 0 Å². The van der Waals surface area contributed by atoms with E-state index in [2.05, 4.69) is 23.7 Å². The lowest BCUT2D eigenvalue weighted by atomic mass is 9.89. The molecule has 0 fully saturated rings. The van der Waals surface area contributed by atoms with Gasteiger partial charge in [-0.05, 0) is 49.4 Å². The van der Waals surface area contributed by atoms with Crippen molar-refractivity contribution in [3.63, 3.8) is 0 Å². The second-order valence-electron chi connectivity index (χ2n) is 7.36. The summed E-state index contributed by atoms with van der Waals surface area (Å²) >= 11 is 0. The van der Waals surface area contributed by atoms with Gasteiger partial charge < -0.3 is 14.6 Å². The molecule has 0 atom stereocenters. The van der Waals surface area contributed by atoms with Crippen molar-refractivity contribution in [3.05, 3.63) is 58.1 Å². The third-order valence-electron chi connectivity index (χ3n) is 4.97. The highest BCUT2D eigenvalue weighted by molar-refractivity contribution is 5.91. The highest BCUT2D eigenvalue weighted by Gasteiger charge is 2.24. The number of unbranched alkanes of at least 4 members (excludes halogenated alkanes) is 2. The average molecular weight is 394 g/mol. The predicted octanol–water partition coefficient (Wildman–Crippen LogP) is 5.18. The van der Waals surface area contributed by atoms with Gasteiger partial charge in [-0.2, -0.15) is 0 Å².